The van der Waals surface area contributed by atoms with E-state index in [1.54, 1.807) is 11.6 Å². The quantitative estimate of drug-likeness (QED) is 0.168. The van der Waals surface area contributed by atoms with Gasteiger partial charge in [-0.1, -0.05) is 25.7 Å². The average Bonchev–Trinajstić information content (AvgIpc) is 3.63. The number of hydrogen-bond acceptors (Lipinski definition) is 8. The highest BCUT2D eigenvalue weighted by Crippen LogP contribution is 2.37. The molecule has 4 aromatic heterocycles. The number of amides is 1. The van der Waals surface area contributed by atoms with Crippen molar-refractivity contribution in [2.24, 2.45) is 0 Å². The van der Waals surface area contributed by atoms with Gasteiger partial charge in [-0.3, -0.25) is 14.5 Å². The predicted molar refractivity (Wildman–Crippen MR) is 154 cm³/mol. The maximum absolute atomic E-state index is 15.0. The molecule has 0 aromatic carbocycles. The molecule has 13 heteroatoms. The van der Waals surface area contributed by atoms with E-state index in [-0.39, 0.29) is 30.1 Å². The number of carbonyl (C=O) groups is 1. The summed E-state index contributed by atoms with van der Waals surface area (Å²) in [4.78, 5) is 22.0. The van der Waals surface area contributed by atoms with Crippen LogP contribution in [0.4, 0.5) is 10.1 Å². The minimum atomic E-state index is -1.23. The van der Waals surface area contributed by atoms with E-state index in [0.717, 1.165) is 18.9 Å². The van der Waals surface area contributed by atoms with Crippen LogP contribution in [0.2, 0.25) is 25.7 Å². The molecule has 1 aliphatic carbocycles. The van der Waals surface area contributed by atoms with Gasteiger partial charge in [-0.2, -0.15) is 14.6 Å². The molecule has 1 amide bonds. The Morgan fingerprint density at radius 1 is 1.27 bits per heavy atom. The van der Waals surface area contributed by atoms with Crippen molar-refractivity contribution >= 4 is 31.0 Å². The van der Waals surface area contributed by atoms with Crippen molar-refractivity contribution in [1.82, 2.24) is 29.5 Å². The molecule has 4 aromatic rings. The zero-order valence-corrected chi connectivity index (χ0v) is 24.9. The van der Waals surface area contributed by atoms with E-state index in [1.807, 2.05) is 36.0 Å². The zero-order chi connectivity index (χ0) is 28.3. The molecular weight excluding hydrogens is 549 g/mol. The lowest BCUT2D eigenvalue weighted by atomic mass is 9.89. The number of halogens is 1. The van der Waals surface area contributed by atoms with Gasteiger partial charge in [-0.25, -0.2) is 9.67 Å². The van der Waals surface area contributed by atoms with Crippen molar-refractivity contribution in [3.05, 3.63) is 53.8 Å². The summed E-state index contributed by atoms with van der Waals surface area (Å²) in [6.07, 6.45) is 6.88. The monoisotopic (exact) mass is 583 g/mol. The third kappa shape index (κ3) is 6.54. The van der Waals surface area contributed by atoms with Crippen LogP contribution in [-0.4, -0.2) is 62.8 Å². The predicted octanol–water partition coefficient (Wildman–Crippen LogP) is 5.71. The van der Waals surface area contributed by atoms with E-state index in [4.69, 9.17) is 14.6 Å². The molecule has 0 saturated heterocycles. The molecule has 5 rings (SSSR count). The Morgan fingerprint density at radius 2 is 2.10 bits per heavy atom. The zero-order valence-electron chi connectivity index (χ0n) is 23.1. The highest BCUT2D eigenvalue weighted by Gasteiger charge is 2.33. The summed E-state index contributed by atoms with van der Waals surface area (Å²) in [6.45, 7) is 10.1. The van der Waals surface area contributed by atoms with E-state index >= 15 is 4.39 Å². The highest BCUT2D eigenvalue weighted by molar-refractivity contribution is 7.13. The molecule has 0 atom stereocenters. The van der Waals surface area contributed by atoms with Gasteiger partial charge in [0.05, 0.1) is 35.3 Å². The summed E-state index contributed by atoms with van der Waals surface area (Å²) in [7, 11) is -1.23. The molecule has 1 saturated carbocycles. The maximum atomic E-state index is 15.0. The first-order chi connectivity index (χ1) is 19.2. The normalized spacial score (nSPS) is 17.1. The topological polar surface area (TPSA) is 109 Å². The second-order valence-electron chi connectivity index (χ2n) is 11.0. The third-order valence-corrected chi connectivity index (χ3v) is 9.27. The van der Waals surface area contributed by atoms with Crippen molar-refractivity contribution < 1.29 is 18.7 Å². The first-order valence-electron chi connectivity index (χ1n) is 13.4. The molecule has 212 valence electrons. The molecule has 0 radical (unpaired) electrons. The number of thiazole rings is 1. The number of rotatable bonds is 12. The SMILES string of the molecule is CCO[C@H]1C[C@@H](n2cc(NC(=O)c3csc(-c4cnn(COCC[Si](C)(C)C)c4F)n3)c(-c3ccccn3)n2)C1. The third-order valence-electron chi connectivity index (χ3n) is 6.69. The lowest BCUT2D eigenvalue weighted by molar-refractivity contribution is -0.0226. The van der Waals surface area contributed by atoms with Gasteiger partial charge in [-0.05, 0) is 37.9 Å². The fraction of sp³-hybridized carbons (Fsp3) is 0.444. The van der Waals surface area contributed by atoms with Crippen LogP contribution < -0.4 is 5.32 Å². The lowest BCUT2D eigenvalue weighted by Gasteiger charge is -2.34. The molecule has 0 spiro atoms. The van der Waals surface area contributed by atoms with Crippen molar-refractivity contribution in [3.63, 3.8) is 0 Å². The summed E-state index contributed by atoms with van der Waals surface area (Å²) < 4.78 is 29.4. The number of hydrogen-bond donors (Lipinski definition) is 1. The number of pyridine rings is 1. The minimum Gasteiger partial charge on any atom is -0.378 e. The summed E-state index contributed by atoms with van der Waals surface area (Å²) in [5, 5.41) is 13.8. The van der Waals surface area contributed by atoms with Crippen molar-refractivity contribution in [1.29, 1.82) is 0 Å². The first-order valence-corrected chi connectivity index (χ1v) is 18.0. The molecule has 1 fully saturated rings. The van der Waals surface area contributed by atoms with E-state index in [1.165, 1.54) is 22.2 Å². The van der Waals surface area contributed by atoms with E-state index in [0.29, 0.717) is 35.3 Å². The number of anilines is 1. The van der Waals surface area contributed by atoms with Gasteiger partial charge in [0.25, 0.3) is 5.91 Å². The van der Waals surface area contributed by atoms with Crippen LogP contribution in [-0.2, 0) is 16.2 Å². The molecule has 0 aliphatic heterocycles. The van der Waals surface area contributed by atoms with Crippen LogP contribution in [0.1, 0.15) is 36.3 Å². The molecular formula is C27H34FN7O3SSi. The Bertz CT molecular complexity index is 1440. The van der Waals surface area contributed by atoms with Crippen LogP contribution >= 0.6 is 11.3 Å². The maximum Gasteiger partial charge on any atom is 0.275 e. The van der Waals surface area contributed by atoms with Gasteiger partial charge >= 0.3 is 0 Å². The largest absolute Gasteiger partial charge is 0.378 e. The number of carbonyl (C=O) groups excluding carboxylic acids is 1. The van der Waals surface area contributed by atoms with Crippen LogP contribution in [0.25, 0.3) is 22.0 Å². The van der Waals surface area contributed by atoms with E-state index in [2.05, 4.69) is 40.0 Å². The van der Waals surface area contributed by atoms with Gasteiger partial charge in [0.1, 0.15) is 23.1 Å². The average molecular weight is 584 g/mol. The fourth-order valence-corrected chi connectivity index (χ4v) is 5.86. The molecule has 4 heterocycles. The molecule has 0 bridgehead atoms. The van der Waals surface area contributed by atoms with Gasteiger partial charge in [0, 0.05) is 39.1 Å². The fourth-order valence-electron chi connectivity index (χ4n) is 4.31. The molecule has 10 nitrogen and oxygen atoms in total. The van der Waals surface area contributed by atoms with Gasteiger partial charge in [-0.15, -0.1) is 11.3 Å². The standard InChI is InChI=1S/C27H34FN7O3SSi/c1-5-38-19-12-18(13-19)34-15-22(24(33-34)21-8-6-7-9-29-21)31-26(36)23-16-39-27(32-23)20-14-30-35(25(20)28)17-37-10-11-40(2,3)4/h6-9,14-16,18-19H,5,10-13,17H2,1-4H3,(H,31,36)/t18-,19+. The second-order valence-corrected chi connectivity index (χ2v) is 17.5. The Kier molecular flexibility index (Phi) is 8.54. The lowest BCUT2D eigenvalue weighted by Crippen LogP contribution is -2.33. The van der Waals surface area contributed by atoms with Crippen LogP contribution in [0.15, 0.2) is 42.2 Å². The van der Waals surface area contributed by atoms with Crippen molar-refractivity contribution in [3.8, 4) is 22.0 Å². The van der Waals surface area contributed by atoms with E-state index in [9.17, 15) is 4.79 Å². The Morgan fingerprint density at radius 3 is 2.83 bits per heavy atom. The molecule has 1 aliphatic rings. The Balaban J connectivity index is 1.28. The number of aromatic nitrogens is 6. The van der Waals surface area contributed by atoms with Gasteiger partial charge < -0.3 is 14.8 Å². The molecule has 1 N–H and O–H groups in total. The summed E-state index contributed by atoms with van der Waals surface area (Å²) in [5.41, 5.74) is 2.17. The Hall–Kier alpha value is -3.26. The van der Waals surface area contributed by atoms with Gasteiger partial charge in [0.2, 0.25) is 5.95 Å². The number of nitrogens with zero attached hydrogens (tertiary/aromatic N) is 6. The molecule has 0 unspecified atom stereocenters. The van der Waals surface area contributed by atoms with Gasteiger partial charge in [0.15, 0.2) is 0 Å². The summed E-state index contributed by atoms with van der Waals surface area (Å²) in [6, 6.07) is 6.73. The summed E-state index contributed by atoms with van der Waals surface area (Å²) in [5.74, 6) is -0.957. The summed E-state index contributed by atoms with van der Waals surface area (Å²) >= 11 is 1.18. The Labute approximate surface area is 237 Å². The smallest absolute Gasteiger partial charge is 0.275 e. The number of nitrogens with one attached hydrogen (secondary N) is 1. The first kappa shape index (κ1) is 28.3. The van der Waals surface area contributed by atoms with Crippen LogP contribution in [0.5, 0.6) is 0 Å². The van der Waals surface area contributed by atoms with Crippen LogP contribution in [0, 0.1) is 5.95 Å². The van der Waals surface area contributed by atoms with Crippen molar-refractivity contribution in [2.75, 3.05) is 18.5 Å². The van der Waals surface area contributed by atoms with Crippen LogP contribution in [0.3, 0.4) is 0 Å². The van der Waals surface area contributed by atoms with Crippen molar-refractivity contribution in [2.45, 2.75) is 64.3 Å². The minimum absolute atomic E-state index is 0.0294. The van der Waals surface area contributed by atoms with E-state index < -0.39 is 19.9 Å². The molecule has 40 heavy (non-hydrogen) atoms. The second kappa shape index (κ2) is 12.1. The number of ether oxygens (including phenoxy) is 2. The highest BCUT2D eigenvalue weighted by atomic mass is 32.1.